The Labute approximate surface area is 161 Å². The Morgan fingerprint density at radius 3 is 2.74 bits per heavy atom. The first kappa shape index (κ1) is 19.2. The highest BCUT2D eigenvalue weighted by molar-refractivity contribution is 6.30. The number of benzene rings is 2. The van der Waals surface area contributed by atoms with E-state index in [-0.39, 0.29) is 17.3 Å². The van der Waals surface area contributed by atoms with Crippen molar-refractivity contribution in [2.75, 3.05) is 11.9 Å². The first-order valence-corrected chi connectivity index (χ1v) is 9.00. The molecule has 0 aromatic heterocycles. The number of rotatable bonds is 6. The third-order valence-corrected chi connectivity index (χ3v) is 4.53. The monoisotopic (exact) mass is 391 g/mol. The van der Waals surface area contributed by atoms with Gasteiger partial charge in [0, 0.05) is 5.02 Å². The van der Waals surface area contributed by atoms with Crippen LogP contribution in [0.4, 0.5) is 10.1 Å². The van der Waals surface area contributed by atoms with Crippen molar-refractivity contribution in [1.82, 2.24) is 0 Å². The maximum Gasteiger partial charge on any atom is 0.344 e. The standard InChI is InChI=1S/C20H19ClFNO4/c1-12(20(25)23-18-8-6-15(21)10-17(18)22)27-19(24)11-26-16-7-5-13-3-2-4-14(13)9-16/h5-10,12H,2-4,11H2,1H3,(H,23,25)/t12-/m0/s1. The number of halogens is 2. The van der Waals surface area contributed by atoms with E-state index in [9.17, 15) is 14.0 Å². The van der Waals surface area contributed by atoms with Crippen LogP contribution in [0.5, 0.6) is 5.75 Å². The molecule has 0 heterocycles. The van der Waals surface area contributed by atoms with Crippen LogP contribution in [0.1, 0.15) is 24.5 Å². The molecule has 7 heteroatoms. The van der Waals surface area contributed by atoms with Crippen molar-refractivity contribution in [3.05, 3.63) is 58.4 Å². The van der Waals surface area contributed by atoms with E-state index in [1.165, 1.54) is 30.2 Å². The zero-order valence-electron chi connectivity index (χ0n) is 14.8. The molecule has 0 fully saturated rings. The summed E-state index contributed by atoms with van der Waals surface area (Å²) >= 11 is 5.67. The topological polar surface area (TPSA) is 64.6 Å². The van der Waals surface area contributed by atoms with Gasteiger partial charge in [-0.2, -0.15) is 0 Å². The number of aryl methyl sites for hydroxylation is 2. The first-order valence-electron chi connectivity index (χ1n) is 8.62. The fourth-order valence-electron chi connectivity index (χ4n) is 2.89. The fraction of sp³-hybridized carbons (Fsp3) is 0.300. The molecule has 1 aliphatic carbocycles. The average Bonchev–Trinajstić information content (AvgIpc) is 3.10. The Kier molecular flexibility index (Phi) is 5.96. The van der Waals surface area contributed by atoms with Gasteiger partial charge < -0.3 is 14.8 Å². The molecule has 0 radical (unpaired) electrons. The summed E-state index contributed by atoms with van der Waals surface area (Å²) < 4.78 is 24.2. The number of carbonyl (C=O) groups excluding carboxylic acids is 2. The van der Waals surface area contributed by atoms with Crippen LogP contribution in [0.25, 0.3) is 0 Å². The molecule has 1 N–H and O–H groups in total. The molecule has 0 spiro atoms. The number of nitrogens with one attached hydrogen (secondary N) is 1. The molecule has 0 bridgehead atoms. The van der Waals surface area contributed by atoms with Crippen LogP contribution in [0.3, 0.4) is 0 Å². The van der Waals surface area contributed by atoms with E-state index in [1.54, 1.807) is 0 Å². The highest BCUT2D eigenvalue weighted by Gasteiger charge is 2.20. The van der Waals surface area contributed by atoms with Gasteiger partial charge in [0.15, 0.2) is 12.7 Å². The van der Waals surface area contributed by atoms with Crippen molar-refractivity contribution in [2.45, 2.75) is 32.3 Å². The summed E-state index contributed by atoms with van der Waals surface area (Å²) in [6.07, 6.45) is 2.10. The number of fused-ring (bicyclic) bond motifs is 1. The minimum atomic E-state index is -1.10. The lowest BCUT2D eigenvalue weighted by Gasteiger charge is -2.14. The van der Waals surface area contributed by atoms with Crippen molar-refractivity contribution in [3.8, 4) is 5.75 Å². The Bertz CT molecular complexity index is 871. The highest BCUT2D eigenvalue weighted by atomic mass is 35.5. The molecule has 0 saturated heterocycles. The second-order valence-electron chi connectivity index (χ2n) is 6.32. The average molecular weight is 392 g/mol. The summed E-state index contributed by atoms with van der Waals surface area (Å²) in [6.45, 7) is 1.09. The normalized spacial score (nSPS) is 13.6. The fourth-order valence-corrected chi connectivity index (χ4v) is 3.05. The van der Waals surface area contributed by atoms with Crippen LogP contribution in [-0.2, 0) is 27.2 Å². The predicted octanol–water partition coefficient (Wildman–Crippen LogP) is 3.92. The molecule has 3 rings (SSSR count). The zero-order valence-corrected chi connectivity index (χ0v) is 15.5. The van der Waals surface area contributed by atoms with E-state index in [0.29, 0.717) is 5.75 Å². The van der Waals surface area contributed by atoms with Gasteiger partial charge in [0.1, 0.15) is 11.6 Å². The molecule has 2 aromatic carbocycles. The number of anilines is 1. The van der Waals surface area contributed by atoms with Gasteiger partial charge >= 0.3 is 5.97 Å². The molecule has 0 aliphatic heterocycles. The van der Waals surface area contributed by atoms with Gasteiger partial charge in [0.25, 0.3) is 5.91 Å². The number of carbonyl (C=O) groups is 2. The van der Waals surface area contributed by atoms with Crippen molar-refractivity contribution in [2.24, 2.45) is 0 Å². The summed E-state index contributed by atoms with van der Waals surface area (Å²) in [4.78, 5) is 24.0. The summed E-state index contributed by atoms with van der Waals surface area (Å²) in [5.74, 6) is -1.42. The van der Waals surface area contributed by atoms with Gasteiger partial charge in [-0.3, -0.25) is 4.79 Å². The molecular weight excluding hydrogens is 373 g/mol. The van der Waals surface area contributed by atoms with Crippen LogP contribution >= 0.6 is 11.6 Å². The van der Waals surface area contributed by atoms with E-state index >= 15 is 0 Å². The van der Waals surface area contributed by atoms with E-state index in [2.05, 4.69) is 5.32 Å². The molecule has 2 aromatic rings. The van der Waals surface area contributed by atoms with Crippen molar-refractivity contribution in [3.63, 3.8) is 0 Å². The van der Waals surface area contributed by atoms with Gasteiger partial charge in [-0.05, 0) is 67.6 Å². The second-order valence-corrected chi connectivity index (χ2v) is 6.75. The lowest BCUT2D eigenvalue weighted by atomic mass is 10.1. The Morgan fingerprint density at radius 1 is 1.19 bits per heavy atom. The predicted molar refractivity (Wildman–Crippen MR) is 99.6 cm³/mol. The smallest absolute Gasteiger partial charge is 0.344 e. The third kappa shape index (κ3) is 4.98. The minimum Gasteiger partial charge on any atom is -0.482 e. The van der Waals surface area contributed by atoms with Crippen LogP contribution in [0.2, 0.25) is 5.02 Å². The molecule has 1 aliphatic rings. The Hall–Kier alpha value is -2.60. The number of esters is 1. The summed E-state index contributed by atoms with van der Waals surface area (Å²) in [5.41, 5.74) is 2.50. The number of hydrogen-bond donors (Lipinski definition) is 1. The van der Waals surface area contributed by atoms with Gasteiger partial charge in [-0.1, -0.05) is 17.7 Å². The largest absolute Gasteiger partial charge is 0.482 e. The van der Waals surface area contributed by atoms with Crippen LogP contribution in [0, 0.1) is 5.82 Å². The molecular formula is C20H19ClFNO4. The van der Waals surface area contributed by atoms with Gasteiger partial charge in [0.2, 0.25) is 0 Å². The first-order chi connectivity index (χ1) is 12.9. The molecule has 5 nitrogen and oxygen atoms in total. The SMILES string of the molecule is C[C@H](OC(=O)COc1ccc2c(c1)CCC2)C(=O)Nc1ccc(Cl)cc1F. The maximum absolute atomic E-state index is 13.7. The molecule has 27 heavy (non-hydrogen) atoms. The Balaban J connectivity index is 1.48. The lowest BCUT2D eigenvalue weighted by molar-refractivity contribution is -0.155. The van der Waals surface area contributed by atoms with Crippen molar-refractivity contribution < 1.29 is 23.5 Å². The minimum absolute atomic E-state index is 0.0401. The maximum atomic E-state index is 13.7. The number of amides is 1. The van der Waals surface area contributed by atoms with Crippen LogP contribution in [-0.4, -0.2) is 24.6 Å². The second kappa shape index (κ2) is 8.39. The molecule has 1 atom stereocenters. The van der Waals surface area contributed by atoms with Gasteiger partial charge in [-0.25, -0.2) is 9.18 Å². The van der Waals surface area contributed by atoms with E-state index < -0.39 is 23.8 Å². The van der Waals surface area contributed by atoms with Crippen molar-refractivity contribution >= 4 is 29.2 Å². The highest BCUT2D eigenvalue weighted by Crippen LogP contribution is 2.26. The molecule has 0 saturated carbocycles. The number of ether oxygens (including phenoxy) is 2. The quantitative estimate of drug-likeness (QED) is 0.758. The zero-order chi connectivity index (χ0) is 19.4. The lowest BCUT2D eigenvalue weighted by Crippen LogP contribution is -2.32. The summed E-state index contributed by atoms with van der Waals surface area (Å²) in [7, 11) is 0. The van der Waals surface area contributed by atoms with Gasteiger partial charge in [-0.15, -0.1) is 0 Å². The van der Waals surface area contributed by atoms with Gasteiger partial charge in [0.05, 0.1) is 5.69 Å². The van der Waals surface area contributed by atoms with E-state index in [4.69, 9.17) is 21.1 Å². The van der Waals surface area contributed by atoms with Crippen LogP contribution < -0.4 is 10.1 Å². The molecule has 0 unspecified atom stereocenters. The third-order valence-electron chi connectivity index (χ3n) is 4.29. The summed E-state index contributed by atoms with van der Waals surface area (Å²) in [5, 5.41) is 2.57. The van der Waals surface area contributed by atoms with E-state index in [0.717, 1.165) is 25.3 Å². The Morgan fingerprint density at radius 2 is 1.96 bits per heavy atom. The molecule has 1 amide bonds. The van der Waals surface area contributed by atoms with E-state index in [1.807, 2.05) is 18.2 Å². The number of hydrogen-bond acceptors (Lipinski definition) is 4. The van der Waals surface area contributed by atoms with Crippen molar-refractivity contribution in [1.29, 1.82) is 0 Å². The molecule has 142 valence electrons. The van der Waals surface area contributed by atoms with Crippen LogP contribution in [0.15, 0.2) is 36.4 Å². The summed E-state index contributed by atoms with van der Waals surface area (Å²) in [6, 6.07) is 9.60.